The molecule has 0 bridgehead atoms. The molecule has 0 aliphatic carbocycles. The molecule has 1 amide bonds. The molecule has 0 atom stereocenters. The second-order valence-corrected chi connectivity index (χ2v) is 5.24. The molecule has 22 heavy (non-hydrogen) atoms. The molecular formula is C16H16N4O2. The van der Waals surface area contributed by atoms with Gasteiger partial charge in [0.1, 0.15) is 0 Å². The number of fused-ring (bicyclic) bond motifs is 1. The number of benzene rings is 1. The molecule has 0 saturated heterocycles. The lowest BCUT2D eigenvalue weighted by Crippen LogP contribution is -2.28. The lowest BCUT2D eigenvalue weighted by atomic mass is 10.1. The zero-order chi connectivity index (χ0) is 15.7. The quantitative estimate of drug-likeness (QED) is 0.688. The molecule has 1 aromatic carbocycles. The van der Waals surface area contributed by atoms with Crippen molar-refractivity contribution in [2.75, 3.05) is 0 Å². The van der Waals surface area contributed by atoms with Crippen LogP contribution < -0.4 is 10.9 Å². The maximum Gasteiger partial charge on any atom is 0.272 e. The largest absolute Gasteiger partial charge is 0.346 e. The first-order valence-corrected chi connectivity index (χ1v) is 6.97. The van der Waals surface area contributed by atoms with Crippen LogP contribution in [0.2, 0.25) is 0 Å². The molecule has 6 nitrogen and oxygen atoms in total. The van der Waals surface area contributed by atoms with E-state index in [4.69, 9.17) is 0 Å². The molecule has 3 aromatic rings. The van der Waals surface area contributed by atoms with Crippen LogP contribution in [0.4, 0.5) is 0 Å². The predicted octanol–water partition coefficient (Wildman–Crippen LogP) is 1.80. The highest BCUT2D eigenvalue weighted by Crippen LogP contribution is 2.15. The maximum atomic E-state index is 12.3. The van der Waals surface area contributed by atoms with E-state index >= 15 is 0 Å². The SMILES string of the molecule is Cc1cc(C)c(CNC(=O)c2n[nH]c3ccccc23)c(=O)[nH]1. The maximum absolute atomic E-state index is 12.3. The number of hydrogen-bond acceptors (Lipinski definition) is 3. The van der Waals surface area contributed by atoms with E-state index in [0.717, 1.165) is 22.2 Å². The Morgan fingerprint density at radius 2 is 2.05 bits per heavy atom. The van der Waals surface area contributed by atoms with Gasteiger partial charge in [-0.3, -0.25) is 14.7 Å². The second kappa shape index (κ2) is 5.48. The summed E-state index contributed by atoms with van der Waals surface area (Å²) in [6.45, 7) is 3.85. The van der Waals surface area contributed by atoms with Gasteiger partial charge in [0.25, 0.3) is 11.5 Å². The highest BCUT2D eigenvalue weighted by Gasteiger charge is 2.14. The summed E-state index contributed by atoms with van der Waals surface area (Å²) in [6.07, 6.45) is 0. The van der Waals surface area contributed by atoms with E-state index in [-0.39, 0.29) is 18.0 Å². The van der Waals surface area contributed by atoms with E-state index in [9.17, 15) is 9.59 Å². The van der Waals surface area contributed by atoms with Crippen molar-refractivity contribution in [3.63, 3.8) is 0 Å². The van der Waals surface area contributed by atoms with Crippen LogP contribution in [0.15, 0.2) is 35.1 Å². The summed E-state index contributed by atoms with van der Waals surface area (Å²) < 4.78 is 0. The minimum atomic E-state index is -0.308. The number of hydrogen-bond donors (Lipinski definition) is 3. The average Bonchev–Trinajstić information content (AvgIpc) is 2.90. The number of nitrogens with zero attached hydrogens (tertiary/aromatic N) is 1. The monoisotopic (exact) mass is 296 g/mol. The van der Waals surface area contributed by atoms with Gasteiger partial charge in [0, 0.05) is 23.2 Å². The molecule has 112 valence electrons. The zero-order valence-corrected chi connectivity index (χ0v) is 12.4. The average molecular weight is 296 g/mol. The molecule has 0 aliphatic rings. The van der Waals surface area contributed by atoms with Crippen LogP contribution in [0.5, 0.6) is 0 Å². The molecule has 0 saturated carbocycles. The van der Waals surface area contributed by atoms with Gasteiger partial charge in [-0.1, -0.05) is 18.2 Å². The van der Waals surface area contributed by atoms with Gasteiger partial charge in [-0.05, 0) is 31.5 Å². The summed E-state index contributed by atoms with van der Waals surface area (Å²) in [5.41, 5.74) is 3.17. The molecule has 3 rings (SSSR count). The van der Waals surface area contributed by atoms with E-state index in [1.807, 2.05) is 44.2 Å². The van der Waals surface area contributed by atoms with Crippen molar-refractivity contribution in [3.8, 4) is 0 Å². The predicted molar refractivity (Wildman–Crippen MR) is 83.8 cm³/mol. The van der Waals surface area contributed by atoms with Gasteiger partial charge < -0.3 is 10.3 Å². The van der Waals surface area contributed by atoms with Crippen molar-refractivity contribution in [2.45, 2.75) is 20.4 Å². The van der Waals surface area contributed by atoms with Crippen LogP contribution in [0.3, 0.4) is 0 Å². The van der Waals surface area contributed by atoms with Gasteiger partial charge in [0.2, 0.25) is 0 Å². The van der Waals surface area contributed by atoms with E-state index in [1.54, 1.807) is 0 Å². The Balaban J connectivity index is 1.83. The van der Waals surface area contributed by atoms with Crippen molar-refractivity contribution in [2.24, 2.45) is 0 Å². The van der Waals surface area contributed by atoms with Crippen LogP contribution in [-0.2, 0) is 6.54 Å². The smallest absolute Gasteiger partial charge is 0.272 e. The number of carbonyl (C=O) groups is 1. The number of rotatable bonds is 3. The number of para-hydroxylation sites is 1. The Labute approximate surface area is 126 Å². The van der Waals surface area contributed by atoms with E-state index < -0.39 is 0 Å². The third kappa shape index (κ3) is 2.50. The number of carbonyl (C=O) groups excluding carboxylic acids is 1. The van der Waals surface area contributed by atoms with Crippen molar-refractivity contribution >= 4 is 16.8 Å². The first-order valence-electron chi connectivity index (χ1n) is 6.97. The molecule has 6 heteroatoms. The van der Waals surface area contributed by atoms with E-state index in [2.05, 4.69) is 20.5 Å². The van der Waals surface area contributed by atoms with Gasteiger partial charge >= 0.3 is 0 Å². The Bertz CT molecular complexity index is 908. The Kier molecular flexibility index (Phi) is 3.50. The minimum absolute atomic E-state index is 0.168. The molecule has 0 unspecified atom stereocenters. The first kappa shape index (κ1) is 14.1. The number of nitrogens with one attached hydrogen (secondary N) is 3. The van der Waals surface area contributed by atoms with Crippen LogP contribution in [0.1, 0.15) is 27.3 Å². The summed E-state index contributed by atoms with van der Waals surface area (Å²) in [6, 6.07) is 9.29. The van der Waals surface area contributed by atoms with Gasteiger partial charge in [0.05, 0.1) is 5.52 Å². The van der Waals surface area contributed by atoms with Crippen molar-refractivity contribution in [1.29, 1.82) is 0 Å². The Morgan fingerprint density at radius 1 is 1.27 bits per heavy atom. The topological polar surface area (TPSA) is 90.6 Å². The highest BCUT2D eigenvalue weighted by atomic mass is 16.2. The van der Waals surface area contributed by atoms with Crippen molar-refractivity contribution in [1.82, 2.24) is 20.5 Å². The number of amides is 1. The summed E-state index contributed by atoms with van der Waals surface area (Å²) in [7, 11) is 0. The molecule has 0 fully saturated rings. The van der Waals surface area contributed by atoms with Crippen LogP contribution in [0, 0.1) is 13.8 Å². The fourth-order valence-corrected chi connectivity index (χ4v) is 2.49. The van der Waals surface area contributed by atoms with Crippen molar-refractivity contribution in [3.05, 3.63) is 63.2 Å². The van der Waals surface area contributed by atoms with Gasteiger partial charge in [-0.15, -0.1) is 0 Å². The summed E-state index contributed by atoms with van der Waals surface area (Å²) in [5, 5.41) is 10.4. The molecule has 0 spiro atoms. The number of aryl methyl sites for hydroxylation is 2. The summed E-state index contributed by atoms with van der Waals surface area (Å²) in [4.78, 5) is 27.0. The summed E-state index contributed by atoms with van der Waals surface area (Å²) >= 11 is 0. The number of pyridine rings is 1. The fourth-order valence-electron chi connectivity index (χ4n) is 2.49. The highest BCUT2D eigenvalue weighted by molar-refractivity contribution is 6.04. The number of aromatic nitrogens is 3. The molecule has 0 radical (unpaired) electrons. The second-order valence-electron chi connectivity index (χ2n) is 5.24. The molecular weight excluding hydrogens is 280 g/mol. The van der Waals surface area contributed by atoms with Crippen LogP contribution in [-0.4, -0.2) is 21.1 Å². The zero-order valence-electron chi connectivity index (χ0n) is 12.4. The Hall–Kier alpha value is -2.89. The van der Waals surface area contributed by atoms with Gasteiger partial charge in [-0.2, -0.15) is 5.10 Å². The van der Waals surface area contributed by atoms with E-state index in [1.165, 1.54) is 0 Å². The molecule has 0 aliphatic heterocycles. The standard InChI is InChI=1S/C16H16N4O2/c1-9-7-10(2)18-15(21)12(9)8-17-16(22)14-11-5-3-4-6-13(11)19-20-14/h3-7H,8H2,1-2H3,(H,17,22)(H,18,21)(H,19,20). The molecule has 2 aromatic heterocycles. The third-order valence-corrected chi connectivity index (χ3v) is 3.60. The van der Waals surface area contributed by atoms with Crippen LogP contribution >= 0.6 is 0 Å². The normalized spacial score (nSPS) is 10.8. The van der Waals surface area contributed by atoms with E-state index in [0.29, 0.717) is 11.3 Å². The number of H-pyrrole nitrogens is 2. The first-order chi connectivity index (χ1) is 10.6. The molecule has 3 N–H and O–H groups in total. The fraction of sp³-hybridized carbons (Fsp3) is 0.188. The van der Waals surface area contributed by atoms with Gasteiger partial charge in [0.15, 0.2) is 5.69 Å². The summed E-state index contributed by atoms with van der Waals surface area (Å²) in [5.74, 6) is -0.308. The minimum Gasteiger partial charge on any atom is -0.346 e. The molecule has 2 heterocycles. The van der Waals surface area contributed by atoms with Gasteiger partial charge in [-0.25, -0.2) is 0 Å². The Morgan fingerprint density at radius 3 is 2.82 bits per heavy atom. The van der Waals surface area contributed by atoms with Crippen LogP contribution in [0.25, 0.3) is 10.9 Å². The van der Waals surface area contributed by atoms with Crippen molar-refractivity contribution < 1.29 is 4.79 Å². The number of aromatic amines is 2. The lowest BCUT2D eigenvalue weighted by molar-refractivity contribution is 0.0947. The third-order valence-electron chi connectivity index (χ3n) is 3.60. The lowest BCUT2D eigenvalue weighted by Gasteiger charge is -2.07.